The Labute approximate surface area is 255 Å². The van der Waals surface area contributed by atoms with E-state index in [1.54, 1.807) is 6.92 Å². The topological polar surface area (TPSA) is 67.5 Å². The zero-order chi connectivity index (χ0) is 27.0. The molecule has 0 amide bonds. The minimum Gasteiger partial charge on any atom is -0.461 e. The van der Waals surface area contributed by atoms with Gasteiger partial charge < -0.3 is 9.84 Å². The minimum absolute atomic E-state index is 0.0525. The van der Waals surface area contributed by atoms with E-state index in [1.807, 2.05) is 0 Å². The van der Waals surface area contributed by atoms with Crippen LogP contribution >= 0.6 is 116 Å². The zero-order valence-corrected chi connectivity index (χ0v) is 25.4. The number of Topliss-reactive ketones (excluding diaryl/α,β-unsaturated/α-hetero) is 1. The molecule has 6 saturated carbocycles. The Bertz CT molecular complexity index is 1200. The molecule has 0 aliphatic heterocycles. The van der Waals surface area contributed by atoms with Crippen molar-refractivity contribution in [2.24, 2.45) is 0 Å². The number of ether oxygens (including phenoxy) is 1. The normalized spacial score (nSPS) is 55.9. The van der Waals surface area contributed by atoms with Crippen LogP contribution in [0, 0.1) is 0 Å². The van der Waals surface area contributed by atoms with Crippen LogP contribution in [0.2, 0.25) is 0 Å². The molecule has 196 valence electrons. The number of carbonyl (C=O) groups excluding carboxylic acids is 2. The van der Waals surface area contributed by atoms with E-state index in [0.29, 0.717) is 0 Å². The van der Waals surface area contributed by atoms with E-state index >= 15 is 0 Å². The molecule has 15 heteroatoms. The maximum absolute atomic E-state index is 13.4. The number of halogens is 10. The number of carbonyl (C=O) groups is 2. The summed E-state index contributed by atoms with van der Waals surface area (Å²) in [5.41, 5.74) is -2.21. The highest BCUT2D eigenvalue weighted by atomic mass is 35.5. The first kappa shape index (κ1) is 27.3. The standard InChI is InChI=1S/C21H14Cl10NO4/c1-2-36-11(34)8-32-5-3-9(4-6-32)10(33)7-12(35)13(22)15(24)17(26)14(12,23)18(27)16(13,25)19(15,28)21(30,31)20(17,18)29/h3-6,35H,2,7-8H2,1H3/q+1/t12?,13?,14?,15-,16-,17-,18-,19?,20?/m0/s1. The van der Waals surface area contributed by atoms with Crippen molar-refractivity contribution >= 4 is 128 Å². The van der Waals surface area contributed by atoms with E-state index in [1.165, 1.54) is 29.1 Å². The number of ketones is 1. The molecule has 6 aliphatic rings. The summed E-state index contributed by atoms with van der Waals surface area (Å²) in [7, 11) is 0. The highest BCUT2D eigenvalue weighted by Crippen LogP contribution is 3.12. The first-order valence-corrected chi connectivity index (χ1v) is 14.4. The van der Waals surface area contributed by atoms with Gasteiger partial charge in [-0.1, -0.05) is 23.2 Å². The van der Waals surface area contributed by atoms with Crippen LogP contribution in [0.15, 0.2) is 24.5 Å². The zero-order valence-electron chi connectivity index (χ0n) is 17.8. The Morgan fingerprint density at radius 2 is 1.19 bits per heavy atom. The quantitative estimate of drug-likeness (QED) is 0.199. The summed E-state index contributed by atoms with van der Waals surface area (Å²) in [6.07, 6.45) is 2.33. The molecule has 0 aromatic carbocycles. The van der Waals surface area contributed by atoms with Crippen molar-refractivity contribution in [3.63, 3.8) is 0 Å². The first-order chi connectivity index (χ1) is 16.3. The molecule has 1 aromatic heterocycles. The molecule has 4 bridgehead atoms. The lowest BCUT2D eigenvalue weighted by atomic mass is 9.41. The highest BCUT2D eigenvalue weighted by molar-refractivity contribution is 6.78. The summed E-state index contributed by atoms with van der Waals surface area (Å²) in [5.74, 6) is -1.02. The number of hydrogen-bond acceptors (Lipinski definition) is 4. The van der Waals surface area contributed by atoms with Crippen LogP contribution in [0.4, 0.5) is 0 Å². The summed E-state index contributed by atoms with van der Waals surface area (Å²) >= 11 is 69.6. The minimum atomic E-state index is -2.38. The summed E-state index contributed by atoms with van der Waals surface area (Å²) in [6.45, 7) is 1.88. The second-order valence-corrected chi connectivity index (χ2v) is 15.7. The fourth-order valence-electron chi connectivity index (χ4n) is 7.83. The van der Waals surface area contributed by atoms with Crippen molar-refractivity contribution in [3.8, 4) is 0 Å². The fraction of sp³-hybridized carbons (Fsp3) is 0.667. The van der Waals surface area contributed by atoms with Crippen LogP contribution in [0.3, 0.4) is 0 Å². The molecular formula is C21H14Cl10NO4+. The number of alkyl halides is 10. The van der Waals surface area contributed by atoms with E-state index in [4.69, 9.17) is 121 Å². The van der Waals surface area contributed by atoms with Gasteiger partial charge in [-0.15, -0.1) is 92.8 Å². The number of rotatable bonds is 6. The fourth-order valence-corrected chi connectivity index (χ4v) is 16.7. The van der Waals surface area contributed by atoms with Gasteiger partial charge in [0.2, 0.25) is 6.54 Å². The van der Waals surface area contributed by atoms with Crippen molar-refractivity contribution in [3.05, 3.63) is 30.1 Å². The van der Waals surface area contributed by atoms with Gasteiger partial charge >= 0.3 is 5.97 Å². The summed E-state index contributed by atoms with van der Waals surface area (Å²) in [4.78, 5) is 8.57. The lowest BCUT2D eigenvalue weighted by Gasteiger charge is -2.81. The first-order valence-electron chi connectivity index (χ1n) is 10.6. The molecule has 1 heterocycles. The van der Waals surface area contributed by atoms with Crippen molar-refractivity contribution < 1.29 is 24.0 Å². The number of aliphatic hydroxyl groups is 1. The number of pyridine rings is 1. The Balaban J connectivity index is 1.41. The van der Waals surface area contributed by atoms with Gasteiger partial charge in [0.15, 0.2) is 22.5 Å². The van der Waals surface area contributed by atoms with Crippen LogP contribution in [0.5, 0.6) is 0 Å². The molecule has 5 nitrogen and oxygen atoms in total. The lowest BCUT2D eigenvalue weighted by molar-refractivity contribution is -0.686. The van der Waals surface area contributed by atoms with E-state index in [2.05, 4.69) is 0 Å². The predicted molar refractivity (Wildman–Crippen MR) is 140 cm³/mol. The Morgan fingerprint density at radius 3 is 1.58 bits per heavy atom. The third-order valence-corrected chi connectivity index (χ3v) is 18.3. The number of hydrogen-bond donors (Lipinski definition) is 1. The molecule has 0 unspecified atom stereocenters. The maximum atomic E-state index is 13.4. The van der Waals surface area contributed by atoms with Crippen LogP contribution in [-0.2, 0) is 16.1 Å². The van der Waals surface area contributed by atoms with Gasteiger partial charge in [-0.3, -0.25) is 4.79 Å². The van der Waals surface area contributed by atoms with Crippen LogP contribution < -0.4 is 4.57 Å². The summed E-state index contributed by atoms with van der Waals surface area (Å²) < 4.78 is 4.33. The smallest absolute Gasteiger partial charge is 0.372 e. The van der Waals surface area contributed by atoms with E-state index in [-0.39, 0.29) is 18.7 Å². The molecule has 0 saturated heterocycles. The SMILES string of the molecule is CCOC(=O)C[n+]1ccc(C(=O)CC2(O)C3(Cl)[C@@]4(Cl)C5(Cl)C(Cl)(Cl)C6(Cl)[C@]4(Cl)C2(Cl)[C@]6(Cl)[C@]53Cl)cc1. The monoisotopic (exact) mass is 694 g/mol. The summed E-state index contributed by atoms with van der Waals surface area (Å²) in [5, 5.41) is 12.2. The average Bonchev–Trinajstić information content (AvgIpc) is 3.02. The molecule has 1 aromatic rings. The molecule has 7 rings (SSSR count). The highest BCUT2D eigenvalue weighted by Gasteiger charge is 3.32. The van der Waals surface area contributed by atoms with Gasteiger partial charge in [0.25, 0.3) is 0 Å². The maximum Gasteiger partial charge on any atom is 0.372 e. The van der Waals surface area contributed by atoms with Gasteiger partial charge in [0.1, 0.15) is 44.6 Å². The van der Waals surface area contributed by atoms with Crippen LogP contribution in [0.25, 0.3) is 0 Å². The molecule has 6 fully saturated rings. The van der Waals surface area contributed by atoms with E-state index in [9.17, 15) is 14.7 Å². The number of aromatic nitrogens is 1. The molecule has 0 spiro atoms. The molecular weight excluding hydrogens is 685 g/mol. The van der Waals surface area contributed by atoms with E-state index in [0.717, 1.165) is 0 Å². The molecule has 4 atom stereocenters. The third kappa shape index (κ3) is 1.75. The Hall–Kier alpha value is 1.15. The molecule has 1 N–H and O–H groups in total. The van der Waals surface area contributed by atoms with Gasteiger partial charge in [-0.05, 0) is 6.92 Å². The van der Waals surface area contributed by atoms with Crippen molar-refractivity contribution in [1.29, 1.82) is 0 Å². The molecule has 6 aliphatic carbocycles. The largest absolute Gasteiger partial charge is 0.461 e. The average molecular weight is 699 g/mol. The van der Waals surface area contributed by atoms with E-state index < -0.39 is 67.1 Å². The van der Waals surface area contributed by atoms with Crippen molar-refractivity contribution in [1.82, 2.24) is 0 Å². The van der Waals surface area contributed by atoms with Gasteiger partial charge in [0, 0.05) is 24.1 Å². The molecule has 0 radical (unpaired) electrons. The van der Waals surface area contributed by atoms with Gasteiger partial charge in [-0.2, -0.15) is 4.57 Å². The van der Waals surface area contributed by atoms with Crippen molar-refractivity contribution in [2.75, 3.05) is 6.61 Å². The summed E-state index contributed by atoms with van der Waals surface area (Å²) in [6, 6.07) is 2.91. The van der Waals surface area contributed by atoms with Gasteiger partial charge in [0.05, 0.1) is 6.61 Å². The Morgan fingerprint density at radius 1 is 0.778 bits per heavy atom. The second-order valence-electron chi connectivity index (χ2n) is 9.87. The molecule has 36 heavy (non-hydrogen) atoms. The van der Waals surface area contributed by atoms with Gasteiger partial charge in [-0.25, -0.2) is 4.79 Å². The van der Waals surface area contributed by atoms with Crippen LogP contribution in [0.1, 0.15) is 23.7 Å². The third-order valence-electron chi connectivity index (χ3n) is 9.00. The van der Waals surface area contributed by atoms with Crippen molar-refractivity contribution in [2.45, 2.75) is 68.8 Å². The number of nitrogens with zero attached hydrogens (tertiary/aromatic N) is 1. The Kier molecular flexibility index (Phi) is 5.15. The second kappa shape index (κ2) is 6.78. The van der Waals surface area contributed by atoms with Crippen LogP contribution in [-0.4, -0.2) is 72.4 Å². The predicted octanol–water partition coefficient (Wildman–Crippen LogP) is 4.90. The number of esters is 1. The lowest BCUT2D eigenvalue weighted by Crippen LogP contribution is -3.03.